The zero-order valence-electron chi connectivity index (χ0n) is 16.0. The Morgan fingerprint density at radius 2 is 1.70 bits per heavy atom. The molecule has 144 valence electrons. The van der Waals surface area contributed by atoms with Crippen molar-refractivity contribution in [2.45, 2.75) is 39.5 Å². The van der Waals surface area contributed by atoms with Crippen LogP contribution < -0.4 is 9.47 Å². The van der Waals surface area contributed by atoms with Crippen LogP contribution in [0.2, 0.25) is 0 Å². The standard InChI is InChI=1S/C20H23NO6/c1-5-6-7-8-14(21-27-12(2)22)13-11-17(25-3)18-15(23)9-10-16(24)19(18)20(13)26-4/h9-11H,5-8H2,1-4H3. The zero-order chi connectivity index (χ0) is 20.0. The Balaban J connectivity index is 2.67. The van der Waals surface area contributed by atoms with E-state index < -0.39 is 5.97 Å². The van der Waals surface area contributed by atoms with Gasteiger partial charge in [0.1, 0.15) is 11.5 Å². The van der Waals surface area contributed by atoms with Crippen molar-refractivity contribution in [1.82, 2.24) is 0 Å². The minimum Gasteiger partial charge on any atom is -0.496 e. The first-order chi connectivity index (χ1) is 12.9. The molecule has 27 heavy (non-hydrogen) atoms. The Morgan fingerprint density at radius 1 is 1.04 bits per heavy atom. The number of allylic oxidation sites excluding steroid dienone is 2. The Labute approximate surface area is 158 Å². The zero-order valence-corrected chi connectivity index (χ0v) is 16.0. The van der Waals surface area contributed by atoms with E-state index in [4.69, 9.17) is 14.3 Å². The highest BCUT2D eigenvalue weighted by Crippen LogP contribution is 2.38. The van der Waals surface area contributed by atoms with Gasteiger partial charge in [0.25, 0.3) is 0 Å². The van der Waals surface area contributed by atoms with E-state index in [9.17, 15) is 14.4 Å². The molecule has 7 heteroatoms. The highest BCUT2D eigenvalue weighted by atomic mass is 16.7. The number of carbonyl (C=O) groups is 3. The average molecular weight is 373 g/mol. The van der Waals surface area contributed by atoms with Crippen LogP contribution in [-0.2, 0) is 9.63 Å². The number of rotatable bonds is 8. The van der Waals surface area contributed by atoms with E-state index in [2.05, 4.69) is 12.1 Å². The molecule has 7 nitrogen and oxygen atoms in total. The minimum absolute atomic E-state index is 0.130. The van der Waals surface area contributed by atoms with E-state index in [1.165, 1.54) is 33.3 Å². The number of benzene rings is 1. The fraction of sp³-hybridized carbons (Fsp3) is 0.400. The maximum Gasteiger partial charge on any atom is 0.331 e. The van der Waals surface area contributed by atoms with Crippen LogP contribution in [0, 0.1) is 0 Å². The van der Waals surface area contributed by atoms with Gasteiger partial charge in [-0.25, -0.2) is 4.79 Å². The molecular formula is C20H23NO6. The molecule has 0 saturated heterocycles. The number of fused-ring (bicyclic) bond motifs is 1. The summed E-state index contributed by atoms with van der Waals surface area (Å²) in [5, 5.41) is 3.96. The van der Waals surface area contributed by atoms with Crippen LogP contribution >= 0.6 is 0 Å². The van der Waals surface area contributed by atoms with Crippen molar-refractivity contribution < 1.29 is 28.7 Å². The van der Waals surface area contributed by atoms with Crippen molar-refractivity contribution in [3.8, 4) is 11.5 Å². The molecule has 0 atom stereocenters. The predicted octanol–water partition coefficient (Wildman–Crippen LogP) is 3.49. The van der Waals surface area contributed by atoms with Gasteiger partial charge in [-0.3, -0.25) is 9.59 Å². The van der Waals surface area contributed by atoms with E-state index in [1.807, 2.05) is 0 Å². The molecule has 0 aromatic heterocycles. The van der Waals surface area contributed by atoms with Gasteiger partial charge in [-0.2, -0.15) is 0 Å². The van der Waals surface area contributed by atoms with Crippen LogP contribution in [0.5, 0.6) is 11.5 Å². The monoisotopic (exact) mass is 373 g/mol. The summed E-state index contributed by atoms with van der Waals surface area (Å²) < 4.78 is 10.8. The molecule has 0 saturated carbocycles. The number of nitrogens with zero attached hydrogens (tertiary/aromatic N) is 1. The molecule has 1 aliphatic carbocycles. The van der Waals surface area contributed by atoms with Crippen LogP contribution in [0.3, 0.4) is 0 Å². The maximum absolute atomic E-state index is 12.5. The molecule has 0 spiro atoms. The summed E-state index contributed by atoms with van der Waals surface area (Å²) in [6.07, 6.45) is 5.70. The fourth-order valence-electron chi connectivity index (χ4n) is 2.92. The molecule has 0 radical (unpaired) electrons. The van der Waals surface area contributed by atoms with Gasteiger partial charge in [-0.15, -0.1) is 0 Å². The topological polar surface area (TPSA) is 91.3 Å². The SMILES string of the molecule is CCCCCC(=NOC(C)=O)c1cc(OC)c2c(c1OC)C(=O)C=CC2=O. The van der Waals surface area contributed by atoms with Crippen LogP contribution in [0.1, 0.15) is 65.8 Å². The molecule has 0 heterocycles. The highest BCUT2D eigenvalue weighted by Gasteiger charge is 2.31. The summed E-state index contributed by atoms with van der Waals surface area (Å²) in [6, 6.07) is 1.59. The van der Waals surface area contributed by atoms with Gasteiger partial charge in [0.05, 0.1) is 31.1 Å². The quantitative estimate of drug-likeness (QED) is 0.300. The second kappa shape index (κ2) is 9.12. The molecule has 0 unspecified atom stereocenters. The van der Waals surface area contributed by atoms with Crippen molar-refractivity contribution in [1.29, 1.82) is 0 Å². The third-order valence-electron chi connectivity index (χ3n) is 4.16. The van der Waals surface area contributed by atoms with Gasteiger partial charge in [0.2, 0.25) is 0 Å². The lowest BCUT2D eigenvalue weighted by molar-refractivity contribution is -0.140. The van der Waals surface area contributed by atoms with E-state index in [1.54, 1.807) is 6.07 Å². The van der Waals surface area contributed by atoms with Gasteiger partial charge in [0, 0.05) is 12.5 Å². The summed E-state index contributed by atoms with van der Waals surface area (Å²) in [6.45, 7) is 3.33. The molecule has 0 bridgehead atoms. The molecule has 0 fully saturated rings. The van der Waals surface area contributed by atoms with Gasteiger partial charge in [-0.1, -0.05) is 24.9 Å². The van der Waals surface area contributed by atoms with Gasteiger partial charge in [0.15, 0.2) is 11.6 Å². The van der Waals surface area contributed by atoms with Crippen LogP contribution in [0.15, 0.2) is 23.4 Å². The third kappa shape index (κ3) is 4.42. The summed E-state index contributed by atoms with van der Waals surface area (Å²) in [5.41, 5.74) is 1.20. The van der Waals surface area contributed by atoms with Crippen molar-refractivity contribution in [3.63, 3.8) is 0 Å². The number of hydrogen-bond donors (Lipinski definition) is 0. The number of carbonyl (C=O) groups excluding carboxylic acids is 3. The minimum atomic E-state index is -0.555. The Hall–Kier alpha value is -2.96. The first kappa shape index (κ1) is 20.4. The summed E-state index contributed by atoms with van der Waals surface area (Å²) in [4.78, 5) is 40.9. The summed E-state index contributed by atoms with van der Waals surface area (Å²) in [5.74, 6) is -0.788. The Kier molecular flexibility index (Phi) is 6.87. The van der Waals surface area contributed by atoms with E-state index in [0.717, 1.165) is 19.3 Å². The van der Waals surface area contributed by atoms with Crippen LogP contribution in [0.25, 0.3) is 0 Å². The molecule has 1 aliphatic rings. The number of ketones is 2. The van der Waals surface area contributed by atoms with E-state index in [0.29, 0.717) is 17.7 Å². The number of oxime groups is 1. The lowest BCUT2D eigenvalue weighted by Crippen LogP contribution is -2.18. The summed E-state index contributed by atoms with van der Waals surface area (Å²) in [7, 11) is 2.83. The first-order valence-electron chi connectivity index (χ1n) is 8.75. The van der Waals surface area contributed by atoms with Crippen molar-refractivity contribution >= 4 is 23.2 Å². The molecule has 0 N–H and O–H groups in total. The van der Waals surface area contributed by atoms with Crippen molar-refractivity contribution in [2.75, 3.05) is 14.2 Å². The van der Waals surface area contributed by atoms with Gasteiger partial charge >= 0.3 is 5.97 Å². The molecule has 0 aliphatic heterocycles. The van der Waals surface area contributed by atoms with Gasteiger partial charge in [-0.05, 0) is 31.1 Å². The average Bonchev–Trinajstić information content (AvgIpc) is 2.65. The van der Waals surface area contributed by atoms with Crippen LogP contribution in [-0.4, -0.2) is 37.5 Å². The number of hydrogen-bond acceptors (Lipinski definition) is 7. The molecule has 0 amide bonds. The Bertz CT molecular complexity index is 822. The second-order valence-corrected chi connectivity index (χ2v) is 6.05. The smallest absolute Gasteiger partial charge is 0.331 e. The molecule has 2 rings (SSSR count). The lowest BCUT2D eigenvalue weighted by Gasteiger charge is -2.20. The second-order valence-electron chi connectivity index (χ2n) is 6.05. The fourth-order valence-corrected chi connectivity index (χ4v) is 2.92. The van der Waals surface area contributed by atoms with E-state index in [-0.39, 0.29) is 34.2 Å². The first-order valence-corrected chi connectivity index (χ1v) is 8.75. The maximum atomic E-state index is 12.5. The number of unbranched alkanes of at least 4 members (excludes halogenated alkanes) is 2. The number of ether oxygens (including phenoxy) is 2. The summed E-state index contributed by atoms with van der Waals surface area (Å²) >= 11 is 0. The largest absolute Gasteiger partial charge is 0.496 e. The lowest BCUT2D eigenvalue weighted by atomic mass is 9.88. The normalized spacial score (nSPS) is 13.4. The Morgan fingerprint density at radius 3 is 2.26 bits per heavy atom. The van der Waals surface area contributed by atoms with Crippen LogP contribution in [0.4, 0.5) is 0 Å². The predicted molar refractivity (Wildman–Crippen MR) is 99.8 cm³/mol. The third-order valence-corrected chi connectivity index (χ3v) is 4.16. The molecular weight excluding hydrogens is 350 g/mol. The number of methoxy groups -OCH3 is 2. The van der Waals surface area contributed by atoms with Gasteiger partial charge < -0.3 is 14.3 Å². The molecule has 1 aromatic carbocycles. The van der Waals surface area contributed by atoms with Crippen molar-refractivity contribution in [2.24, 2.45) is 5.16 Å². The molecule has 1 aromatic rings. The van der Waals surface area contributed by atoms with E-state index >= 15 is 0 Å². The highest BCUT2D eigenvalue weighted by molar-refractivity contribution is 6.25. The van der Waals surface area contributed by atoms with Crippen molar-refractivity contribution in [3.05, 3.63) is 34.9 Å².